The molecular formula is C19H27N5OS. The van der Waals surface area contributed by atoms with Crippen molar-refractivity contribution in [3.63, 3.8) is 0 Å². The van der Waals surface area contributed by atoms with Crippen molar-refractivity contribution >= 4 is 28.1 Å². The number of nitrogen functional groups attached to an aromatic ring is 1. The summed E-state index contributed by atoms with van der Waals surface area (Å²) in [6.07, 6.45) is 1.85. The van der Waals surface area contributed by atoms with Gasteiger partial charge in [-0.15, -0.1) is 11.3 Å². The average molecular weight is 374 g/mol. The highest BCUT2D eigenvalue weighted by Crippen LogP contribution is 2.18. The molecule has 0 spiro atoms. The summed E-state index contributed by atoms with van der Waals surface area (Å²) >= 11 is 1.54. The van der Waals surface area contributed by atoms with E-state index in [4.69, 9.17) is 5.73 Å². The molecule has 3 rings (SSSR count). The first-order valence-corrected chi connectivity index (χ1v) is 9.86. The maximum Gasteiger partial charge on any atom is 0.238 e. The van der Waals surface area contributed by atoms with Gasteiger partial charge < -0.3 is 11.1 Å². The van der Waals surface area contributed by atoms with Gasteiger partial charge in [-0.3, -0.25) is 14.6 Å². The van der Waals surface area contributed by atoms with Gasteiger partial charge in [0, 0.05) is 49.5 Å². The fourth-order valence-corrected chi connectivity index (χ4v) is 3.80. The fraction of sp³-hybridized carbons (Fsp3) is 0.474. The first-order chi connectivity index (χ1) is 12.5. The molecule has 0 bridgehead atoms. The highest BCUT2D eigenvalue weighted by molar-refractivity contribution is 7.15. The first kappa shape index (κ1) is 18.8. The van der Waals surface area contributed by atoms with Crippen molar-refractivity contribution in [3.05, 3.63) is 40.9 Å². The number of thiazole rings is 1. The van der Waals surface area contributed by atoms with Crippen LogP contribution in [0.4, 0.5) is 10.8 Å². The van der Waals surface area contributed by atoms with Crippen molar-refractivity contribution in [2.24, 2.45) is 0 Å². The van der Waals surface area contributed by atoms with Gasteiger partial charge in [0.15, 0.2) is 5.13 Å². The van der Waals surface area contributed by atoms with Crippen molar-refractivity contribution in [2.75, 3.05) is 43.8 Å². The SMILES string of the molecule is CC(C)c1ccc(NC(=O)CN2CCN(Cc3cnc(N)s3)CC2)cc1. The normalized spacial score (nSPS) is 16.1. The van der Waals surface area contributed by atoms with E-state index in [0.717, 1.165) is 38.4 Å². The lowest BCUT2D eigenvalue weighted by Gasteiger charge is -2.33. The topological polar surface area (TPSA) is 74.5 Å². The standard InChI is InChI=1S/C19H27N5OS/c1-14(2)15-3-5-16(6-4-15)22-18(25)13-24-9-7-23(8-10-24)12-17-11-21-19(20)26-17/h3-6,11,14H,7-10,12-13H2,1-2H3,(H2,20,21)(H,22,25). The number of amides is 1. The van der Waals surface area contributed by atoms with Crippen LogP contribution in [0.2, 0.25) is 0 Å². The third-order valence-corrected chi connectivity index (χ3v) is 5.46. The Kier molecular flexibility index (Phi) is 6.24. The zero-order valence-corrected chi connectivity index (χ0v) is 16.3. The number of nitrogens with one attached hydrogen (secondary N) is 1. The highest BCUT2D eigenvalue weighted by Gasteiger charge is 2.19. The van der Waals surface area contributed by atoms with E-state index in [1.165, 1.54) is 10.4 Å². The van der Waals surface area contributed by atoms with Crippen molar-refractivity contribution in [2.45, 2.75) is 26.3 Å². The van der Waals surface area contributed by atoms with Crippen LogP contribution in [0.15, 0.2) is 30.5 Å². The van der Waals surface area contributed by atoms with Crippen LogP contribution >= 0.6 is 11.3 Å². The summed E-state index contributed by atoms with van der Waals surface area (Å²) in [4.78, 5) is 22.2. The zero-order chi connectivity index (χ0) is 18.5. The molecule has 1 aromatic heterocycles. The van der Waals surface area contributed by atoms with Crippen LogP contribution < -0.4 is 11.1 Å². The molecule has 2 heterocycles. The molecule has 7 heteroatoms. The van der Waals surface area contributed by atoms with Gasteiger partial charge in [0.25, 0.3) is 0 Å². The summed E-state index contributed by atoms with van der Waals surface area (Å²) in [7, 11) is 0. The van der Waals surface area contributed by atoms with E-state index >= 15 is 0 Å². The number of carbonyl (C=O) groups is 1. The lowest BCUT2D eigenvalue weighted by Crippen LogP contribution is -2.48. The van der Waals surface area contributed by atoms with Crippen LogP contribution in [0, 0.1) is 0 Å². The number of aromatic nitrogens is 1. The minimum absolute atomic E-state index is 0.0472. The van der Waals surface area contributed by atoms with E-state index in [-0.39, 0.29) is 5.91 Å². The van der Waals surface area contributed by atoms with Gasteiger partial charge in [-0.1, -0.05) is 26.0 Å². The minimum Gasteiger partial charge on any atom is -0.375 e. The van der Waals surface area contributed by atoms with Gasteiger partial charge in [-0.05, 0) is 23.6 Å². The molecule has 2 aromatic rings. The average Bonchev–Trinajstić information content (AvgIpc) is 3.02. The van der Waals surface area contributed by atoms with Gasteiger partial charge in [0.1, 0.15) is 0 Å². The first-order valence-electron chi connectivity index (χ1n) is 9.04. The number of nitrogens with two attached hydrogens (primary N) is 1. The highest BCUT2D eigenvalue weighted by atomic mass is 32.1. The number of carbonyl (C=O) groups excluding carboxylic acids is 1. The fourth-order valence-electron chi connectivity index (χ4n) is 3.08. The van der Waals surface area contributed by atoms with Gasteiger partial charge >= 0.3 is 0 Å². The Hall–Kier alpha value is -1.96. The molecular weight excluding hydrogens is 346 g/mol. The van der Waals surface area contributed by atoms with E-state index in [1.54, 1.807) is 11.3 Å². The lowest BCUT2D eigenvalue weighted by molar-refractivity contribution is -0.117. The number of benzene rings is 1. The van der Waals surface area contributed by atoms with Crippen LogP contribution in [0.3, 0.4) is 0 Å². The van der Waals surface area contributed by atoms with Crippen LogP contribution in [0.25, 0.3) is 0 Å². The Morgan fingerprint density at radius 1 is 1.19 bits per heavy atom. The zero-order valence-electron chi connectivity index (χ0n) is 15.4. The predicted molar refractivity (Wildman–Crippen MR) is 107 cm³/mol. The monoisotopic (exact) mass is 373 g/mol. The number of hydrogen-bond acceptors (Lipinski definition) is 6. The molecule has 0 unspecified atom stereocenters. The summed E-state index contributed by atoms with van der Waals surface area (Å²) in [5.41, 5.74) is 7.82. The molecule has 1 aromatic carbocycles. The van der Waals surface area contributed by atoms with E-state index in [2.05, 4.69) is 46.1 Å². The van der Waals surface area contributed by atoms with Gasteiger partial charge in [0.2, 0.25) is 5.91 Å². The van der Waals surface area contributed by atoms with E-state index in [0.29, 0.717) is 17.6 Å². The van der Waals surface area contributed by atoms with Gasteiger partial charge in [-0.2, -0.15) is 0 Å². The molecule has 1 saturated heterocycles. The minimum atomic E-state index is 0.0472. The Balaban J connectivity index is 1.41. The van der Waals surface area contributed by atoms with Crippen LogP contribution in [-0.4, -0.2) is 53.4 Å². The second kappa shape index (κ2) is 8.62. The van der Waals surface area contributed by atoms with Crippen LogP contribution in [0.5, 0.6) is 0 Å². The third-order valence-electron chi connectivity index (χ3n) is 4.64. The number of anilines is 2. The molecule has 1 aliphatic heterocycles. The smallest absolute Gasteiger partial charge is 0.238 e. The molecule has 3 N–H and O–H groups in total. The Morgan fingerprint density at radius 3 is 2.42 bits per heavy atom. The molecule has 1 amide bonds. The lowest BCUT2D eigenvalue weighted by atomic mass is 10.0. The summed E-state index contributed by atoms with van der Waals surface area (Å²) in [6.45, 7) is 9.35. The molecule has 0 radical (unpaired) electrons. The molecule has 26 heavy (non-hydrogen) atoms. The van der Waals surface area contributed by atoms with Gasteiger partial charge in [0.05, 0.1) is 6.54 Å². The predicted octanol–water partition coefficient (Wildman–Crippen LogP) is 2.61. The van der Waals surface area contributed by atoms with Crippen LogP contribution in [0.1, 0.15) is 30.2 Å². The molecule has 1 aliphatic rings. The van der Waals surface area contributed by atoms with E-state index in [9.17, 15) is 4.79 Å². The summed E-state index contributed by atoms with van der Waals surface area (Å²) in [5.74, 6) is 0.545. The van der Waals surface area contributed by atoms with E-state index < -0.39 is 0 Å². The molecule has 0 saturated carbocycles. The van der Waals surface area contributed by atoms with Crippen LogP contribution in [-0.2, 0) is 11.3 Å². The third kappa shape index (κ3) is 5.27. The number of rotatable bonds is 6. The van der Waals surface area contributed by atoms with Crippen molar-refractivity contribution in [1.29, 1.82) is 0 Å². The second-order valence-electron chi connectivity index (χ2n) is 7.04. The van der Waals surface area contributed by atoms with Gasteiger partial charge in [-0.25, -0.2) is 4.98 Å². The summed E-state index contributed by atoms with van der Waals surface area (Å²) in [5, 5.41) is 3.62. The van der Waals surface area contributed by atoms with Crippen molar-refractivity contribution in [1.82, 2.24) is 14.8 Å². The molecule has 0 atom stereocenters. The Morgan fingerprint density at radius 2 is 1.85 bits per heavy atom. The largest absolute Gasteiger partial charge is 0.375 e. The number of hydrogen-bond donors (Lipinski definition) is 2. The molecule has 1 fully saturated rings. The molecule has 140 valence electrons. The number of piperazine rings is 1. The van der Waals surface area contributed by atoms with Crippen molar-refractivity contribution < 1.29 is 4.79 Å². The van der Waals surface area contributed by atoms with Crippen molar-refractivity contribution in [3.8, 4) is 0 Å². The molecule has 6 nitrogen and oxygen atoms in total. The Labute approximate surface area is 159 Å². The second-order valence-corrected chi connectivity index (χ2v) is 8.19. The summed E-state index contributed by atoms with van der Waals surface area (Å²) < 4.78 is 0. The maximum atomic E-state index is 12.3. The number of nitrogens with zero attached hydrogens (tertiary/aromatic N) is 3. The summed E-state index contributed by atoms with van der Waals surface area (Å²) in [6, 6.07) is 8.11. The van der Waals surface area contributed by atoms with E-state index in [1.807, 2.05) is 18.3 Å². The molecule has 0 aliphatic carbocycles. The quantitative estimate of drug-likeness (QED) is 0.814. The Bertz CT molecular complexity index is 720. The maximum absolute atomic E-state index is 12.3.